The van der Waals surface area contributed by atoms with E-state index < -0.39 is 0 Å². The van der Waals surface area contributed by atoms with Gasteiger partial charge in [-0.3, -0.25) is 9.69 Å². The number of rotatable bonds is 6. The Morgan fingerprint density at radius 3 is 2.85 bits per heavy atom. The number of nitrogens with zero attached hydrogens (tertiary/aromatic N) is 2. The lowest BCUT2D eigenvalue weighted by atomic mass is 9.98. The normalized spacial score (nSPS) is 15.3. The SMILES string of the molecule is CC[C@@H](CNC(=O)c1cc(-c2ccco2)on1)N1CCc2ccccc2C1. The minimum absolute atomic E-state index is 0.229. The van der Waals surface area contributed by atoms with Crippen LogP contribution >= 0.6 is 0 Å². The zero-order chi connectivity index (χ0) is 18.6. The molecule has 0 radical (unpaired) electrons. The molecule has 140 valence electrons. The standard InChI is InChI=1S/C21H23N3O3/c1-2-17(24-10-9-15-6-3-4-7-16(15)14-24)13-22-21(25)18-12-20(27-23-18)19-8-5-11-26-19/h3-8,11-12,17H,2,9-10,13-14H2,1H3,(H,22,25)/t17-/m0/s1. The lowest BCUT2D eigenvalue weighted by Crippen LogP contribution is -2.45. The highest BCUT2D eigenvalue weighted by Crippen LogP contribution is 2.22. The van der Waals surface area contributed by atoms with E-state index >= 15 is 0 Å². The topological polar surface area (TPSA) is 71.5 Å². The van der Waals surface area contributed by atoms with Gasteiger partial charge in [-0.05, 0) is 36.1 Å². The molecule has 1 amide bonds. The Morgan fingerprint density at radius 1 is 1.22 bits per heavy atom. The van der Waals surface area contributed by atoms with Gasteiger partial charge in [-0.15, -0.1) is 0 Å². The molecule has 3 heterocycles. The molecule has 0 spiro atoms. The molecule has 0 aliphatic carbocycles. The molecule has 0 saturated carbocycles. The summed E-state index contributed by atoms with van der Waals surface area (Å²) in [6.07, 6.45) is 3.58. The van der Waals surface area contributed by atoms with E-state index in [1.807, 2.05) is 0 Å². The van der Waals surface area contributed by atoms with Crippen molar-refractivity contribution in [2.75, 3.05) is 13.1 Å². The number of hydrogen-bond acceptors (Lipinski definition) is 5. The van der Waals surface area contributed by atoms with Crippen LogP contribution in [0.3, 0.4) is 0 Å². The number of benzene rings is 1. The molecule has 2 aromatic heterocycles. The van der Waals surface area contributed by atoms with Crippen LogP contribution in [0, 0.1) is 0 Å². The van der Waals surface area contributed by atoms with Crippen molar-refractivity contribution in [1.82, 2.24) is 15.4 Å². The first-order valence-electron chi connectivity index (χ1n) is 9.34. The highest BCUT2D eigenvalue weighted by atomic mass is 16.5. The Bertz CT molecular complexity index is 901. The van der Waals surface area contributed by atoms with Gasteiger partial charge in [0.2, 0.25) is 5.76 Å². The van der Waals surface area contributed by atoms with Gasteiger partial charge < -0.3 is 14.3 Å². The van der Waals surface area contributed by atoms with Crippen molar-refractivity contribution in [3.8, 4) is 11.5 Å². The van der Waals surface area contributed by atoms with Crippen LogP contribution in [0.4, 0.5) is 0 Å². The van der Waals surface area contributed by atoms with Crippen LogP contribution in [0.5, 0.6) is 0 Å². The van der Waals surface area contributed by atoms with E-state index in [-0.39, 0.29) is 11.6 Å². The van der Waals surface area contributed by atoms with Crippen molar-refractivity contribution in [2.45, 2.75) is 32.4 Å². The smallest absolute Gasteiger partial charge is 0.273 e. The van der Waals surface area contributed by atoms with Gasteiger partial charge in [-0.25, -0.2) is 0 Å². The largest absolute Gasteiger partial charge is 0.461 e. The van der Waals surface area contributed by atoms with Crippen molar-refractivity contribution >= 4 is 5.91 Å². The third kappa shape index (κ3) is 3.80. The summed E-state index contributed by atoms with van der Waals surface area (Å²) in [5, 5.41) is 6.85. The Morgan fingerprint density at radius 2 is 2.07 bits per heavy atom. The van der Waals surface area contributed by atoms with E-state index in [2.05, 4.69) is 46.6 Å². The number of hydrogen-bond donors (Lipinski definition) is 1. The molecule has 0 bridgehead atoms. The Kier molecular flexibility index (Phi) is 5.07. The minimum Gasteiger partial charge on any atom is -0.461 e. The number of carbonyl (C=O) groups is 1. The maximum absolute atomic E-state index is 12.4. The number of nitrogens with one attached hydrogen (secondary N) is 1. The number of furan rings is 1. The van der Waals surface area contributed by atoms with Crippen LogP contribution < -0.4 is 5.32 Å². The first-order chi connectivity index (χ1) is 13.2. The number of amides is 1. The molecular formula is C21H23N3O3. The van der Waals surface area contributed by atoms with E-state index in [0.29, 0.717) is 24.1 Å². The summed E-state index contributed by atoms with van der Waals surface area (Å²) in [7, 11) is 0. The average molecular weight is 365 g/mol. The van der Waals surface area contributed by atoms with Gasteiger partial charge in [0.15, 0.2) is 11.5 Å². The van der Waals surface area contributed by atoms with Gasteiger partial charge in [-0.1, -0.05) is 36.3 Å². The Hall–Kier alpha value is -2.86. The predicted octanol–water partition coefficient (Wildman–Crippen LogP) is 3.50. The summed E-state index contributed by atoms with van der Waals surface area (Å²) in [6.45, 7) is 4.68. The van der Waals surface area contributed by atoms with Crippen molar-refractivity contribution in [2.24, 2.45) is 0 Å². The minimum atomic E-state index is -0.229. The van der Waals surface area contributed by atoms with Gasteiger partial charge in [0.1, 0.15) is 0 Å². The molecule has 4 rings (SSSR count). The fraction of sp³-hybridized carbons (Fsp3) is 0.333. The molecule has 6 nitrogen and oxygen atoms in total. The predicted molar refractivity (Wildman–Crippen MR) is 101 cm³/mol. The Labute approximate surface area is 158 Å². The number of carbonyl (C=O) groups excluding carboxylic acids is 1. The molecule has 0 unspecified atom stereocenters. The molecular weight excluding hydrogens is 342 g/mol. The van der Waals surface area contributed by atoms with Crippen LogP contribution in [0.15, 0.2) is 57.7 Å². The molecule has 1 aromatic carbocycles. The third-order valence-electron chi connectivity index (χ3n) is 5.15. The summed E-state index contributed by atoms with van der Waals surface area (Å²) in [6, 6.07) is 14.0. The first-order valence-corrected chi connectivity index (χ1v) is 9.34. The molecule has 0 fully saturated rings. The van der Waals surface area contributed by atoms with Crippen molar-refractivity contribution in [3.63, 3.8) is 0 Å². The van der Waals surface area contributed by atoms with Gasteiger partial charge in [0.25, 0.3) is 5.91 Å². The fourth-order valence-electron chi connectivity index (χ4n) is 3.58. The summed E-state index contributed by atoms with van der Waals surface area (Å²) in [4.78, 5) is 14.9. The number of aromatic nitrogens is 1. The van der Waals surface area contributed by atoms with Crippen LogP contribution in [0.2, 0.25) is 0 Å². The fourth-order valence-corrected chi connectivity index (χ4v) is 3.58. The zero-order valence-corrected chi connectivity index (χ0v) is 15.4. The van der Waals surface area contributed by atoms with Gasteiger partial charge >= 0.3 is 0 Å². The summed E-state index contributed by atoms with van der Waals surface area (Å²) in [5.74, 6) is 0.775. The van der Waals surface area contributed by atoms with Crippen LogP contribution in [0.1, 0.15) is 35.0 Å². The summed E-state index contributed by atoms with van der Waals surface area (Å²) in [5.41, 5.74) is 3.08. The molecule has 1 atom stereocenters. The van der Waals surface area contributed by atoms with E-state index in [1.54, 1.807) is 24.5 Å². The Balaban J connectivity index is 1.36. The van der Waals surface area contributed by atoms with Crippen LogP contribution in [0.25, 0.3) is 11.5 Å². The van der Waals surface area contributed by atoms with Crippen molar-refractivity contribution in [1.29, 1.82) is 0 Å². The second kappa shape index (κ2) is 7.80. The monoisotopic (exact) mass is 365 g/mol. The second-order valence-corrected chi connectivity index (χ2v) is 6.81. The second-order valence-electron chi connectivity index (χ2n) is 6.81. The van der Waals surface area contributed by atoms with E-state index in [4.69, 9.17) is 8.94 Å². The molecule has 1 N–H and O–H groups in total. The summed E-state index contributed by atoms with van der Waals surface area (Å²) < 4.78 is 10.5. The highest BCUT2D eigenvalue weighted by Gasteiger charge is 2.23. The van der Waals surface area contributed by atoms with Gasteiger partial charge in [0, 0.05) is 31.7 Å². The highest BCUT2D eigenvalue weighted by molar-refractivity contribution is 5.92. The number of fused-ring (bicyclic) bond motifs is 1. The lowest BCUT2D eigenvalue weighted by molar-refractivity contribution is 0.0917. The molecule has 0 saturated heterocycles. The molecule has 1 aliphatic rings. The van der Waals surface area contributed by atoms with Crippen LogP contribution in [-0.2, 0) is 13.0 Å². The average Bonchev–Trinajstić information content (AvgIpc) is 3.40. The van der Waals surface area contributed by atoms with Gasteiger partial charge in [-0.2, -0.15) is 0 Å². The molecule has 6 heteroatoms. The van der Waals surface area contributed by atoms with E-state index in [0.717, 1.165) is 25.9 Å². The molecule has 27 heavy (non-hydrogen) atoms. The van der Waals surface area contributed by atoms with Crippen molar-refractivity contribution < 1.29 is 13.7 Å². The molecule has 1 aliphatic heterocycles. The van der Waals surface area contributed by atoms with Gasteiger partial charge in [0.05, 0.1) is 6.26 Å². The van der Waals surface area contributed by atoms with E-state index in [1.165, 1.54) is 11.1 Å². The quantitative estimate of drug-likeness (QED) is 0.724. The van der Waals surface area contributed by atoms with Crippen molar-refractivity contribution in [3.05, 3.63) is 65.5 Å². The zero-order valence-electron chi connectivity index (χ0n) is 15.4. The maximum atomic E-state index is 12.4. The molecule has 3 aromatic rings. The first kappa shape index (κ1) is 17.5. The summed E-state index contributed by atoms with van der Waals surface area (Å²) >= 11 is 0. The van der Waals surface area contributed by atoms with E-state index in [9.17, 15) is 4.79 Å². The lowest BCUT2D eigenvalue weighted by Gasteiger charge is -2.35. The van der Waals surface area contributed by atoms with Crippen LogP contribution in [-0.4, -0.2) is 35.1 Å². The third-order valence-corrected chi connectivity index (χ3v) is 5.15. The maximum Gasteiger partial charge on any atom is 0.273 e.